The van der Waals surface area contributed by atoms with E-state index < -0.39 is 18.0 Å². The van der Waals surface area contributed by atoms with Crippen molar-refractivity contribution in [1.29, 1.82) is 0 Å². The fourth-order valence-electron chi connectivity index (χ4n) is 4.16. The van der Waals surface area contributed by atoms with E-state index in [2.05, 4.69) is 12.2 Å². The lowest BCUT2D eigenvalue weighted by Gasteiger charge is -2.22. The Kier molecular flexibility index (Phi) is 7.15. The van der Waals surface area contributed by atoms with Crippen molar-refractivity contribution in [3.63, 3.8) is 0 Å². The number of nitrogens with zero attached hydrogens (tertiary/aromatic N) is 2. The van der Waals surface area contributed by atoms with E-state index in [1.54, 1.807) is 37.4 Å². The molecule has 3 aromatic rings. The minimum atomic E-state index is -0.917. The molecular weight excluding hydrogens is 442 g/mol. The zero-order chi connectivity index (χ0) is 24.9. The second-order valence-corrected chi connectivity index (χ2v) is 8.59. The molecule has 1 saturated heterocycles. The molecule has 180 valence electrons. The van der Waals surface area contributed by atoms with Gasteiger partial charge in [0.05, 0.1) is 19.2 Å². The van der Waals surface area contributed by atoms with Gasteiger partial charge in [-0.05, 0) is 66.4 Å². The van der Waals surface area contributed by atoms with Gasteiger partial charge in [0, 0.05) is 12.2 Å². The summed E-state index contributed by atoms with van der Waals surface area (Å²) in [6.45, 7) is 4.16. The first-order chi connectivity index (χ1) is 16.9. The van der Waals surface area contributed by atoms with Crippen LogP contribution in [0.1, 0.15) is 30.0 Å². The van der Waals surface area contributed by atoms with Gasteiger partial charge in [-0.1, -0.05) is 43.3 Å². The summed E-state index contributed by atoms with van der Waals surface area (Å²) in [4.78, 5) is 42.5. The fraction of sp³-hybridized carbons (Fsp3) is 0.250. The number of amides is 4. The molecule has 0 unspecified atom stereocenters. The van der Waals surface area contributed by atoms with E-state index in [0.717, 1.165) is 17.5 Å². The van der Waals surface area contributed by atoms with Crippen molar-refractivity contribution in [2.45, 2.75) is 39.3 Å². The summed E-state index contributed by atoms with van der Waals surface area (Å²) >= 11 is 0. The van der Waals surface area contributed by atoms with E-state index >= 15 is 0 Å². The first kappa shape index (κ1) is 24.0. The average Bonchev–Trinajstić information content (AvgIpc) is 3.08. The van der Waals surface area contributed by atoms with Gasteiger partial charge in [0.15, 0.2) is 0 Å². The number of rotatable bonds is 8. The van der Waals surface area contributed by atoms with Gasteiger partial charge in [0.25, 0.3) is 5.91 Å². The topological polar surface area (TPSA) is 79.0 Å². The number of anilines is 2. The fourth-order valence-corrected chi connectivity index (χ4v) is 4.16. The number of carbonyl (C=O) groups excluding carboxylic acids is 3. The molecule has 7 nitrogen and oxygen atoms in total. The van der Waals surface area contributed by atoms with Crippen LogP contribution in [0, 0.1) is 6.92 Å². The normalized spacial score (nSPS) is 15.5. The van der Waals surface area contributed by atoms with Gasteiger partial charge in [-0.3, -0.25) is 9.59 Å². The van der Waals surface area contributed by atoms with Gasteiger partial charge in [-0.2, -0.15) is 0 Å². The molecule has 1 atom stereocenters. The summed E-state index contributed by atoms with van der Waals surface area (Å²) in [6.07, 6.45) is 0.764. The lowest BCUT2D eigenvalue weighted by Crippen LogP contribution is -2.37. The molecule has 1 aliphatic heterocycles. The number of imide groups is 1. The van der Waals surface area contributed by atoms with Crippen LogP contribution in [0.5, 0.6) is 5.75 Å². The predicted octanol–water partition coefficient (Wildman–Crippen LogP) is 4.93. The lowest BCUT2D eigenvalue weighted by molar-refractivity contribution is -0.124. The van der Waals surface area contributed by atoms with Crippen LogP contribution in [-0.2, 0) is 22.6 Å². The smallest absolute Gasteiger partial charge is 0.332 e. The van der Waals surface area contributed by atoms with E-state index in [9.17, 15) is 14.4 Å². The Hall–Kier alpha value is -4.13. The van der Waals surface area contributed by atoms with Gasteiger partial charge >= 0.3 is 6.03 Å². The molecule has 4 rings (SSSR count). The highest BCUT2D eigenvalue weighted by Crippen LogP contribution is 2.29. The average molecular weight is 472 g/mol. The second kappa shape index (κ2) is 10.4. The number of benzene rings is 3. The minimum absolute atomic E-state index is 0.140. The first-order valence-corrected chi connectivity index (χ1v) is 11.6. The Morgan fingerprint density at radius 2 is 1.66 bits per heavy atom. The number of nitrogens with one attached hydrogen (secondary N) is 1. The monoisotopic (exact) mass is 471 g/mol. The highest BCUT2D eigenvalue weighted by Gasteiger charge is 2.46. The molecule has 0 spiro atoms. The van der Waals surface area contributed by atoms with Crippen LogP contribution in [0.15, 0.2) is 72.8 Å². The number of hydrogen-bond donors (Lipinski definition) is 1. The molecule has 3 aromatic carbocycles. The zero-order valence-corrected chi connectivity index (χ0v) is 20.2. The van der Waals surface area contributed by atoms with E-state index in [0.29, 0.717) is 17.1 Å². The van der Waals surface area contributed by atoms with Crippen molar-refractivity contribution in [2.24, 2.45) is 0 Å². The van der Waals surface area contributed by atoms with Gasteiger partial charge in [-0.25, -0.2) is 9.69 Å². The van der Waals surface area contributed by atoms with Gasteiger partial charge in [-0.15, -0.1) is 0 Å². The largest absolute Gasteiger partial charge is 0.497 e. The lowest BCUT2D eigenvalue weighted by atomic mass is 10.1. The molecule has 35 heavy (non-hydrogen) atoms. The molecule has 1 N–H and O–H groups in total. The molecule has 1 fully saturated rings. The highest BCUT2D eigenvalue weighted by atomic mass is 16.5. The SMILES string of the molecule is CCc1ccc(NC(=O)C[C@H]2C(=O)N(c3cccc(C)c3)C(=O)N2Cc2ccc(OC)cc2)cc1. The quantitative estimate of drug-likeness (QED) is 0.473. The molecule has 1 heterocycles. The predicted molar refractivity (Wildman–Crippen MR) is 135 cm³/mol. The number of carbonyl (C=O) groups is 3. The maximum absolute atomic E-state index is 13.5. The third-order valence-corrected chi connectivity index (χ3v) is 6.12. The highest BCUT2D eigenvalue weighted by molar-refractivity contribution is 6.22. The summed E-state index contributed by atoms with van der Waals surface area (Å²) in [6, 6.07) is 20.7. The summed E-state index contributed by atoms with van der Waals surface area (Å²) in [7, 11) is 1.59. The zero-order valence-electron chi connectivity index (χ0n) is 20.2. The summed E-state index contributed by atoms with van der Waals surface area (Å²) in [5.41, 5.74) is 4.08. The standard InChI is InChI=1S/C28H29N3O4/c1-4-20-8-12-22(13-9-20)29-26(32)17-25-27(33)31(23-7-5-6-19(2)16-23)28(34)30(25)18-21-10-14-24(35-3)15-11-21/h5-16,25H,4,17-18H2,1-3H3,(H,29,32)/t25-/m0/s1. The molecule has 0 bridgehead atoms. The van der Waals surface area contributed by atoms with E-state index in [1.807, 2.05) is 49.4 Å². The summed E-state index contributed by atoms with van der Waals surface area (Å²) in [5, 5.41) is 2.85. The molecule has 0 aromatic heterocycles. The van der Waals surface area contributed by atoms with E-state index in [1.165, 1.54) is 15.4 Å². The molecule has 0 radical (unpaired) electrons. The van der Waals surface area contributed by atoms with Crippen LogP contribution in [0.2, 0.25) is 0 Å². The number of urea groups is 1. The number of ether oxygens (including phenoxy) is 1. The Morgan fingerprint density at radius 3 is 2.29 bits per heavy atom. The van der Waals surface area contributed by atoms with Crippen LogP contribution < -0.4 is 15.0 Å². The van der Waals surface area contributed by atoms with Crippen LogP contribution >= 0.6 is 0 Å². The van der Waals surface area contributed by atoms with E-state index in [-0.39, 0.29) is 18.9 Å². The third kappa shape index (κ3) is 5.35. The molecule has 4 amide bonds. The van der Waals surface area contributed by atoms with Crippen molar-refractivity contribution in [3.05, 3.63) is 89.5 Å². The number of aryl methyl sites for hydroxylation is 2. The summed E-state index contributed by atoms with van der Waals surface area (Å²) in [5.74, 6) is -0.0409. The molecule has 0 aliphatic carbocycles. The molecular formula is C28H29N3O4. The number of methoxy groups -OCH3 is 1. The van der Waals surface area contributed by atoms with Crippen molar-refractivity contribution in [1.82, 2.24) is 4.90 Å². The minimum Gasteiger partial charge on any atom is -0.497 e. The van der Waals surface area contributed by atoms with Crippen molar-refractivity contribution < 1.29 is 19.1 Å². The third-order valence-electron chi connectivity index (χ3n) is 6.12. The van der Waals surface area contributed by atoms with Crippen LogP contribution in [0.25, 0.3) is 0 Å². The Bertz CT molecular complexity index is 1220. The maximum Gasteiger partial charge on any atom is 0.332 e. The maximum atomic E-state index is 13.5. The second-order valence-electron chi connectivity index (χ2n) is 8.59. The van der Waals surface area contributed by atoms with Crippen LogP contribution in [0.3, 0.4) is 0 Å². The van der Waals surface area contributed by atoms with Gasteiger partial charge in [0.1, 0.15) is 11.8 Å². The Morgan fingerprint density at radius 1 is 0.971 bits per heavy atom. The van der Waals surface area contributed by atoms with Crippen molar-refractivity contribution in [3.8, 4) is 5.75 Å². The summed E-state index contributed by atoms with van der Waals surface area (Å²) < 4.78 is 5.21. The van der Waals surface area contributed by atoms with Gasteiger partial charge in [0.2, 0.25) is 5.91 Å². The molecule has 0 saturated carbocycles. The Balaban J connectivity index is 1.58. The number of hydrogen-bond acceptors (Lipinski definition) is 4. The van der Waals surface area contributed by atoms with Crippen LogP contribution in [-0.4, -0.2) is 35.9 Å². The van der Waals surface area contributed by atoms with Crippen molar-refractivity contribution >= 4 is 29.2 Å². The van der Waals surface area contributed by atoms with Crippen LogP contribution in [0.4, 0.5) is 16.2 Å². The van der Waals surface area contributed by atoms with Gasteiger partial charge < -0.3 is 15.0 Å². The van der Waals surface area contributed by atoms with E-state index in [4.69, 9.17) is 4.74 Å². The molecule has 7 heteroatoms. The van der Waals surface area contributed by atoms with Crippen molar-refractivity contribution in [2.75, 3.05) is 17.3 Å². The first-order valence-electron chi connectivity index (χ1n) is 11.6. The molecule has 1 aliphatic rings. The Labute approximate surface area is 205 Å².